The number of carboxylic acid groups (broad SMARTS) is 1. The zero-order chi connectivity index (χ0) is 20.1. The van der Waals surface area contributed by atoms with E-state index in [9.17, 15) is 9.90 Å². The van der Waals surface area contributed by atoms with Gasteiger partial charge in [0.25, 0.3) is 0 Å². The molecule has 0 unspecified atom stereocenters. The van der Waals surface area contributed by atoms with Crippen LogP contribution >= 0.6 is 0 Å². The lowest BCUT2D eigenvalue weighted by Gasteiger charge is -2.18. The van der Waals surface area contributed by atoms with Gasteiger partial charge in [0.05, 0.1) is 17.5 Å². The van der Waals surface area contributed by atoms with Gasteiger partial charge in [0.15, 0.2) is 0 Å². The molecule has 3 aromatic rings. The van der Waals surface area contributed by atoms with Gasteiger partial charge < -0.3 is 9.84 Å². The molecule has 0 bridgehead atoms. The molecule has 0 atom stereocenters. The number of rotatable bonds is 8. The van der Waals surface area contributed by atoms with E-state index >= 15 is 0 Å². The van der Waals surface area contributed by atoms with Crippen molar-refractivity contribution in [1.82, 2.24) is 4.98 Å². The molecule has 28 heavy (non-hydrogen) atoms. The van der Waals surface area contributed by atoms with Crippen LogP contribution in [-0.4, -0.2) is 22.7 Å². The maximum absolute atomic E-state index is 11.2. The fraction of sp³-hybridized carbons (Fsp3) is 0.333. The molecule has 3 rings (SSSR count). The number of nitrogens with zero attached hydrogens (tertiary/aromatic N) is 1. The highest BCUT2D eigenvalue weighted by molar-refractivity contribution is 5.95. The number of benzene rings is 2. The second kappa shape index (κ2) is 8.42. The fourth-order valence-corrected chi connectivity index (χ4v) is 3.20. The summed E-state index contributed by atoms with van der Waals surface area (Å²) >= 11 is 0. The second-order valence-electron chi connectivity index (χ2n) is 7.89. The molecule has 0 aliphatic heterocycles. The highest BCUT2D eigenvalue weighted by atomic mass is 16.5. The molecule has 0 radical (unpaired) electrons. The molecule has 4 nitrogen and oxygen atoms in total. The van der Waals surface area contributed by atoms with Gasteiger partial charge in [-0.15, -0.1) is 0 Å². The third-order valence-corrected chi connectivity index (χ3v) is 5.05. The average Bonchev–Trinajstić information content (AvgIpc) is 2.68. The van der Waals surface area contributed by atoms with Crippen LogP contribution in [0.1, 0.15) is 38.7 Å². The molecule has 0 amide bonds. The Morgan fingerprint density at radius 2 is 1.82 bits per heavy atom. The maximum Gasteiger partial charge on any atom is 0.309 e. The molecule has 1 heterocycles. The van der Waals surface area contributed by atoms with E-state index in [1.807, 2.05) is 30.3 Å². The zero-order valence-electron chi connectivity index (χ0n) is 16.7. The summed E-state index contributed by atoms with van der Waals surface area (Å²) in [5, 5.41) is 10.3. The van der Waals surface area contributed by atoms with E-state index in [0.717, 1.165) is 34.9 Å². The Labute approximate surface area is 166 Å². The van der Waals surface area contributed by atoms with Crippen molar-refractivity contribution in [2.45, 2.75) is 40.0 Å². The Kier molecular flexibility index (Phi) is 5.98. The summed E-state index contributed by atoms with van der Waals surface area (Å²) in [4.78, 5) is 15.8. The van der Waals surface area contributed by atoms with E-state index in [2.05, 4.69) is 36.2 Å². The Bertz CT molecular complexity index is 964. The van der Waals surface area contributed by atoms with Crippen LogP contribution in [0, 0.1) is 12.3 Å². The molecule has 0 fully saturated rings. The lowest BCUT2D eigenvalue weighted by atomic mass is 9.87. The van der Waals surface area contributed by atoms with Crippen molar-refractivity contribution in [3.05, 3.63) is 60.2 Å². The molecular weight excluding hydrogens is 350 g/mol. The van der Waals surface area contributed by atoms with E-state index < -0.39 is 11.4 Å². The summed E-state index contributed by atoms with van der Waals surface area (Å²) in [6, 6.07) is 18.5. The minimum atomic E-state index is -0.757. The van der Waals surface area contributed by atoms with Gasteiger partial charge in [-0.2, -0.15) is 0 Å². The third kappa shape index (κ3) is 4.69. The van der Waals surface area contributed by atoms with Crippen molar-refractivity contribution in [3.63, 3.8) is 0 Å². The first-order valence-corrected chi connectivity index (χ1v) is 9.70. The minimum Gasteiger partial charge on any atom is -0.481 e. The van der Waals surface area contributed by atoms with E-state index in [1.54, 1.807) is 13.8 Å². The van der Waals surface area contributed by atoms with Gasteiger partial charge in [-0.25, -0.2) is 4.98 Å². The molecule has 0 saturated carbocycles. The number of unbranched alkanes of at least 4 members (excludes halogenated alkanes) is 1. The smallest absolute Gasteiger partial charge is 0.309 e. The number of fused-ring (bicyclic) bond motifs is 1. The van der Waals surface area contributed by atoms with Crippen molar-refractivity contribution in [3.8, 4) is 17.0 Å². The Hall–Kier alpha value is -2.88. The number of carbonyl (C=O) groups is 1. The van der Waals surface area contributed by atoms with Crippen molar-refractivity contribution in [1.29, 1.82) is 0 Å². The predicted octanol–water partition coefficient (Wildman–Crippen LogP) is 5.87. The van der Waals surface area contributed by atoms with Gasteiger partial charge in [-0.05, 0) is 63.3 Å². The van der Waals surface area contributed by atoms with Crippen LogP contribution in [-0.2, 0) is 4.79 Å². The molecule has 4 heteroatoms. The number of hydrogen-bond donors (Lipinski definition) is 1. The molecule has 0 aliphatic rings. The van der Waals surface area contributed by atoms with Crippen LogP contribution < -0.4 is 4.74 Å². The first-order chi connectivity index (χ1) is 13.4. The molecule has 1 N–H and O–H groups in total. The quantitative estimate of drug-likeness (QED) is 0.499. The van der Waals surface area contributed by atoms with E-state index in [-0.39, 0.29) is 0 Å². The normalized spacial score (nSPS) is 11.5. The number of hydrogen-bond acceptors (Lipinski definition) is 3. The summed E-state index contributed by atoms with van der Waals surface area (Å²) in [6.07, 6.45) is 2.23. The molecule has 2 aromatic carbocycles. The Balaban J connectivity index is 1.75. The first kappa shape index (κ1) is 19.9. The standard InChI is InChI=1S/C24H27NO3/c1-17-11-12-21-20(15-17)19(18-9-5-4-6-10-18)16-22(25-21)28-14-8-7-13-24(2,3)23(26)27/h4-6,9-12,15-16H,7-8,13-14H2,1-3H3,(H,26,27). The van der Waals surface area contributed by atoms with Gasteiger partial charge in [0.2, 0.25) is 5.88 Å². The lowest BCUT2D eigenvalue weighted by molar-refractivity contribution is -0.147. The first-order valence-electron chi connectivity index (χ1n) is 9.70. The van der Waals surface area contributed by atoms with Crippen molar-refractivity contribution in [2.24, 2.45) is 5.41 Å². The number of ether oxygens (including phenoxy) is 1. The van der Waals surface area contributed by atoms with Crippen LogP contribution in [0.25, 0.3) is 22.0 Å². The molecular formula is C24H27NO3. The second-order valence-corrected chi connectivity index (χ2v) is 7.89. The number of carboxylic acids is 1. The summed E-state index contributed by atoms with van der Waals surface area (Å²) in [5.74, 6) is -0.153. The van der Waals surface area contributed by atoms with E-state index in [0.29, 0.717) is 18.9 Å². The van der Waals surface area contributed by atoms with E-state index in [4.69, 9.17) is 4.74 Å². The average molecular weight is 377 g/mol. The molecule has 0 spiro atoms. The van der Waals surface area contributed by atoms with Crippen molar-refractivity contribution < 1.29 is 14.6 Å². The van der Waals surface area contributed by atoms with Gasteiger partial charge in [0, 0.05) is 11.5 Å². The Morgan fingerprint density at radius 3 is 2.54 bits per heavy atom. The summed E-state index contributed by atoms with van der Waals surface area (Å²) in [7, 11) is 0. The predicted molar refractivity (Wildman–Crippen MR) is 113 cm³/mol. The number of aliphatic carboxylic acids is 1. The molecule has 146 valence electrons. The summed E-state index contributed by atoms with van der Waals surface area (Å²) in [6.45, 7) is 6.12. The highest BCUT2D eigenvalue weighted by Gasteiger charge is 2.26. The topological polar surface area (TPSA) is 59.4 Å². The number of aromatic nitrogens is 1. The zero-order valence-corrected chi connectivity index (χ0v) is 16.7. The SMILES string of the molecule is Cc1ccc2nc(OCCCCC(C)(C)C(=O)O)cc(-c3ccccc3)c2c1. The fourth-order valence-electron chi connectivity index (χ4n) is 3.20. The monoisotopic (exact) mass is 377 g/mol. The molecule has 0 saturated heterocycles. The van der Waals surface area contributed by atoms with Gasteiger partial charge in [-0.3, -0.25) is 4.79 Å². The maximum atomic E-state index is 11.2. The van der Waals surface area contributed by atoms with E-state index in [1.165, 1.54) is 5.56 Å². The molecule has 1 aromatic heterocycles. The van der Waals surface area contributed by atoms with Crippen LogP contribution in [0.5, 0.6) is 5.88 Å². The third-order valence-electron chi connectivity index (χ3n) is 5.05. The number of pyridine rings is 1. The lowest BCUT2D eigenvalue weighted by Crippen LogP contribution is -2.23. The van der Waals surface area contributed by atoms with Crippen LogP contribution in [0.3, 0.4) is 0 Å². The highest BCUT2D eigenvalue weighted by Crippen LogP contribution is 2.31. The van der Waals surface area contributed by atoms with Gasteiger partial charge >= 0.3 is 5.97 Å². The summed E-state index contributed by atoms with van der Waals surface area (Å²) in [5.41, 5.74) is 3.65. The van der Waals surface area contributed by atoms with Gasteiger partial charge in [-0.1, -0.05) is 42.0 Å². The molecule has 0 aliphatic carbocycles. The largest absolute Gasteiger partial charge is 0.481 e. The van der Waals surface area contributed by atoms with Crippen LogP contribution in [0.15, 0.2) is 54.6 Å². The Morgan fingerprint density at radius 1 is 1.07 bits per heavy atom. The number of aryl methyl sites for hydroxylation is 1. The van der Waals surface area contributed by atoms with Gasteiger partial charge in [0.1, 0.15) is 0 Å². The van der Waals surface area contributed by atoms with Crippen molar-refractivity contribution >= 4 is 16.9 Å². The minimum absolute atomic E-state index is 0.522. The summed E-state index contributed by atoms with van der Waals surface area (Å²) < 4.78 is 5.92. The van der Waals surface area contributed by atoms with Crippen LogP contribution in [0.4, 0.5) is 0 Å². The van der Waals surface area contributed by atoms with Crippen molar-refractivity contribution in [2.75, 3.05) is 6.61 Å². The van der Waals surface area contributed by atoms with Crippen LogP contribution in [0.2, 0.25) is 0 Å².